The molecule has 0 radical (unpaired) electrons. The van der Waals surface area contributed by atoms with Crippen molar-refractivity contribution in [1.29, 1.82) is 0 Å². The van der Waals surface area contributed by atoms with Crippen LogP contribution in [0.3, 0.4) is 0 Å². The highest BCUT2D eigenvalue weighted by Crippen LogP contribution is 2.51. The Hall–Kier alpha value is -1.10. The van der Waals surface area contributed by atoms with Gasteiger partial charge in [-0.1, -0.05) is 59.9 Å². The predicted octanol–water partition coefficient (Wildman–Crippen LogP) is 6.53. The molecule has 0 aromatic heterocycles. The third-order valence-corrected chi connectivity index (χ3v) is 7.11. The Morgan fingerprint density at radius 2 is 1.65 bits per heavy atom. The van der Waals surface area contributed by atoms with E-state index in [0.717, 1.165) is 36.1 Å². The molecule has 6 heteroatoms. The second kappa shape index (κ2) is 12.8. The fourth-order valence-electron chi connectivity index (χ4n) is 4.70. The van der Waals surface area contributed by atoms with Crippen LogP contribution in [0.4, 0.5) is 0 Å². The minimum absolute atomic E-state index is 0.373. The van der Waals surface area contributed by atoms with Gasteiger partial charge in [0, 0.05) is 28.2 Å². The van der Waals surface area contributed by atoms with Crippen molar-refractivity contribution < 1.29 is 4.79 Å². The summed E-state index contributed by atoms with van der Waals surface area (Å²) >= 11 is 19.0. The van der Waals surface area contributed by atoms with E-state index in [1.54, 1.807) is 0 Å². The molecule has 3 nitrogen and oxygen atoms in total. The maximum atomic E-state index is 8.00. The van der Waals surface area contributed by atoms with Gasteiger partial charge in [0.2, 0.25) is 0 Å². The summed E-state index contributed by atoms with van der Waals surface area (Å²) in [5.41, 5.74) is 2.55. The van der Waals surface area contributed by atoms with Gasteiger partial charge in [-0.25, -0.2) is 0 Å². The number of likely N-dealkylation sites (N-methyl/N-ethyl adjacent to an activating group) is 1. The number of hydrogen-bond donors (Lipinski definition) is 1. The summed E-state index contributed by atoms with van der Waals surface area (Å²) in [7, 11) is 4.22. The molecule has 170 valence electrons. The first-order chi connectivity index (χ1) is 14.9. The fraction of sp³-hybridized carbons (Fsp3) is 0.480. The summed E-state index contributed by atoms with van der Waals surface area (Å²) in [4.78, 5) is 10.2. The molecule has 1 aliphatic rings. The van der Waals surface area contributed by atoms with E-state index in [4.69, 9.17) is 39.6 Å². The lowest BCUT2D eigenvalue weighted by Gasteiger charge is -2.43. The van der Waals surface area contributed by atoms with E-state index in [9.17, 15) is 0 Å². The van der Waals surface area contributed by atoms with Crippen molar-refractivity contribution in [3.05, 3.63) is 68.7 Å². The summed E-state index contributed by atoms with van der Waals surface area (Å²) < 4.78 is 0. The van der Waals surface area contributed by atoms with Crippen LogP contribution in [0.2, 0.25) is 15.1 Å². The molecule has 2 aromatic rings. The standard InChI is InChI=1S/C24H31Cl3N2.CH2O/c1-16-4-10-21(20-11-9-19(26)14-23(20)27)24(17-5-7-18(25)8-6-17)22(16)15-28-12-13-29(2)3;1-2/h5-9,11,14,16,21-22,24,28H,4,10,12-13,15H2,1-3H3;1H2. The van der Waals surface area contributed by atoms with E-state index in [0.29, 0.717) is 28.7 Å². The topological polar surface area (TPSA) is 32.3 Å². The molecule has 0 heterocycles. The van der Waals surface area contributed by atoms with Crippen molar-refractivity contribution in [3.63, 3.8) is 0 Å². The average Bonchev–Trinajstić information content (AvgIpc) is 2.74. The Labute approximate surface area is 202 Å². The molecule has 0 bridgehead atoms. The van der Waals surface area contributed by atoms with Crippen LogP contribution in [-0.4, -0.2) is 45.4 Å². The quantitative estimate of drug-likeness (QED) is 0.455. The molecule has 0 amide bonds. The van der Waals surface area contributed by atoms with E-state index in [-0.39, 0.29) is 0 Å². The molecule has 1 fully saturated rings. The first-order valence-corrected chi connectivity index (χ1v) is 11.8. The first-order valence-electron chi connectivity index (χ1n) is 10.7. The molecule has 31 heavy (non-hydrogen) atoms. The molecule has 2 aromatic carbocycles. The molecule has 1 saturated carbocycles. The highest BCUT2D eigenvalue weighted by atomic mass is 35.5. The Balaban J connectivity index is 0.00000166. The van der Waals surface area contributed by atoms with Crippen LogP contribution >= 0.6 is 34.8 Å². The van der Waals surface area contributed by atoms with Gasteiger partial charge < -0.3 is 15.0 Å². The van der Waals surface area contributed by atoms with Crippen molar-refractivity contribution in [1.82, 2.24) is 10.2 Å². The van der Waals surface area contributed by atoms with Gasteiger partial charge in [-0.2, -0.15) is 0 Å². The maximum absolute atomic E-state index is 8.00. The van der Waals surface area contributed by atoms with E-state index in [1.165, 1.54) is 17.5 Å². The lowest BCUT2D eigenvalue weighted by molar-refractivity contribution is -0.0979. The van der Waals surface area contributed by atoms with Crippen LogP contribution in [0.5, 0.6) is 0 Å². The number of nitrogens with zero attached hydrogens (tertiary/aromatic N) is 1. The van der Waals surface area contributed by atoms with Crippen LogP contribution in [0.1, 0.15) is 42.7 Å². The Morgan fingerprint density at radius 3 is 2.26 bits per heavy atom. The van der Waals surface area contributed by atoms with Gasteiger partial charge in [-0.15, -0.1) is 0 Å². The zero-order chi connectivity index (χ0) is 23.0. The van der Waals surface area contributed by atoms with Crippen LogP contribution in [0, 0.1) is 11.8 Å². The lowest BCUT2D eigenvalue weighted by atomic mass is 9.62. The average molecular weight is 484 g/mol. The SMILES string of the molecule is C=O.CC1CCC(c2ccc(Cl)cc2Cl)C(c2ccc(Cl)cc2)C1CNCCN(C)C. The molecule has 0 spiro atoms. The minimum Gasteiger partial charge on any atom is -0.315 e. The summed E-state index contributed by atoms with van der Waals surface area (Å²) in [5.74, 6) is 1.94. The van der Waals surface area contributed by atoms with E-state index in [2.05, 4.69) is 49.4 Å². The molecule has 0 saturated heterocycles. The van der Waals surface area contributed by atoms with Gasteiger partial charge in [0.1, 0.15) is 6.79 Å². The minimum atomic E-state index is 0.373. The summed E-state index contributed by atoms with van der Waals surface area (Å²) in [6.07, 6.45) is 2.33. The van der Waals surface area contributed by atoms with E-state index < -0.39 is 0 Å². The molecular weight excluding hydrogens is 451 g/mol. The third kappa shape index (κ3) is 7.20. The van der Waals surface area contributed by atoms with Gasteiger partial charge in [-0.3, -0.25) is 0 Å². The van der Waals surface area contributed by atoms with Crippen LogP contribution < -0.4 is 5.32 Å². The number of rotatable bonds is 7. The largest absolute Gasteiger partial charge is 0.315 e. The Kier molecular flexibility index (Phi) is 10.8. The molecule has 3 rings (SSSR count). The van der Waals surface area contributed by atoms with Gasteiger partial charge in [0.25, 0.3) is 0 Å². The van der Waals surface area contributed by atoms with Crippen molar-refractivity contribution in [3.8, 4) is 0 Å². The van der Waals surface area contributed by atoms with Crippen molar-refractivity contribution in [2.24, 2.45) is 11.8 Å². The molecule has 1 aliphatic carbocycles. The number of halogens is 3. The predicted molar refractivity (Wildman–Crippen MR) is 134 cm³/mol. The number of nitrogens with one attached hydrogen (secondary N) is 1. The Morgan fingerprint density at radius 1 is 1.00 bits per heavy atom. The van der Waals surface area contributed by atoms with Crippen molar-refractivity contribution >= 4 is 41.6 Å². The summed E-state index contributed by atoms with van der Waals surface area (Å²) in [6.45, 7) is 7.43. The van der Waals surface area contributed by atoms with Crippen LogP contribution in [0.25, 0.3) is 0 Å². The molecule has 4 atom stereocenters. The maximum Gasteiger partial charge on any atom is 0.106 e. The monoisotopic (exact) mass is 482 g/mol. The van der Waals surface area contributed by atoms with Crippen molar-refractivity contribution in [2.45, 2.75) is 31.6 Å². The van der Waals surface area contributed by atoms with Crippen LogP contribution in [0.15, 0.2) is 42.5 Å². The zero-order valence-electron chi connectivity index (χ0n) is 18.6. The smallest absolute Gasteiger partial charge is 0.106 e. The lowest BCUT2D eigenvalue weighted by Crippen LogP contribution is -2.39. The molecular formula is C25H33Cl3N2O. The van der Waals surface area contributed by atoms with Crippen molar-refractivity contribution in [2.75, 3.05) is 33.7 Å². The summed E-state index contributed by atoms with van der Waals surface area (Å²) in [6, 6.07) is 14.3. The second-order valence-corrected chi connectivity index (χ2v) is 9.86. The van der Waals surface area contributed by atoms with Crippen LogP contribution in [-0.2, 0) is 4.79 Å². The summed E-state index contributed by atoms with van der Waals surface area (Å²) in [5, 5.41) is 5.94. The number of benzene rings is 2. The molecule has 1 N–H and O–H groups in total. The molecule has 0 aliphatic heterocycles. The van der Waals surface area contributed by atoms with E-state index in [1.807, 2.05) is 31.1 Å². The number of carbonyl (C=O) groups is 1. The molecule has 4 unspecified atom stereocenters. The van der Waals surface area contributed by atoms with Gasteiger partial charge in [-0.05, 0) is 92.5 Å². The highest BCUT2D eigenvalue weighted by Gasteiger charge is 2.39. The highest BCUT2D eigenvalue weighted by molar-refractivity contribution is 6.35. The first kappa shape index (κ1) is 26.2. The van der Waals surface area contributed by atoms with Gasteiger partial charge in [0.15, 0.2) is 0 Å². The van der Waals surface area contributed by atoms with E-state index >= 15 is 0 Å². The second-order valence-electron chi connectivity index (χ2n) is 8.58. The van der Waals surface area contributed by atoms with Gasteiger partial charge in [0.05, 0.1) is 0 Å². The van der Waals surface area contributed by atoms with Gasteiger partial charge >= 0.3 is 0 Å². The number of hydrogen-bond acceptors (Lipinski definition) is 3. The number of carbonyl (C=O) groups excluding carboxylic acids is 1. The third-order valence-electron chi connectivity index (χ3n) is 6.29. The normalized spacial score (nSPS) is 23.3. The fourth-order valence-corrected chi connectivity index (χ4v) is 5.38. The Bertz CT molecular complexity index is 813. The zero-order valence-corrected chi connectivity index (χ0v) is 20.9.